The van der Waals surface area contributed by atoms with Crippen molar-refractivity contribution in [1.29, 1.82) is 0 Å². The second-order valence-electron chi connectivity index (χ2n) is 4.08. The molecule has 0 spiro atoms. The Labute approximate surface area is 98.9 Å². The molecule has 84 valence electrons. The summed E-state index contributed by atoms with van der Waals surface area (Å²) in [5, 5.41) is 0. The minimum Gasteiger partial charge on any atom is -0.436 e. The van der Waals surface area contributed by atoms with Crippen LogP contribution < -0.4 is 5.73 Å². The van der Waals surface area contributed by atoms with Crippen molar-refractivity contribution in [3.8, 4) is 11.5 Å². The Morgan fingerprint density at radius 1 is 1.12 bits per heavy atom. The van der Waals surface area contributed by atoms with Crippen molar-refractivity contribution in [3.05, 3.63) is 48.0 Å². The summed E-state index contributed by atoms with van der Waals surface area (Å²) in [5.41, 5.74) is 10.2. The third-order valence-electron chi connectivity index (χ3n) is 2.73. The second-order valence-corrected chi connectivity index (χ2v) is 4.08. The van der Waals surface area contributed by atoms with Gasteiger partial charge in [0.1, 0.15) is 5.52 Å². The summed E-state index contributed by atoms with van der Waals surface area (Å²) in [4.78, 5) is 4.44. The predicted octanol–water partition coefficient (Wildman–Crippen LogP) is 3.39. The highest BCUT2D eigenvalue weighted by Gasteiger charge is 2.10. The van der Waals surface area contributed by atoms with Crippen molar-refractivity contribution in [2.45, 2.75) is 6.92 Å². The molecule has 0 atom stereocenters. The average Bonchev–Trinajstić information content (AvgIpc) is 2.75. The SMILES string of the molecule is Cc1ccc(N)c(-c2nc3ccccc3o2)c1. The molecule has 0 unspecified atom stereocenters. The predicted molar refractivity (Wildman–Crippen MR) is 68.6 cm³/mol. The molecule has 0 fully saturated rings. The van der Waals surface area contributed by atoms with Crippen LogP contribution in [0.3, 0.4) is 0 Å². The van der Waals surface area contributed by atoms with Crippen molar-refractivity contribution in [2.24, 2.45) is 0 Å². The number of nitrogens with zero attached hydrogens (tertiary/aromatic N) is 1. The third kappa shape index (κ3) is 1.65. The summed E-state index contributed by atoms with van der Waals surface area (Å²) < 4.78 is 5.70. The summed E-state index contributed by atoms with van der Waals surface area (Å²) in [7, 11) is 0. The fourth-order valence-corrected chi connectivity index (χ4v) is 1.84. The number of hydrogen-bond acceptors (Lipinski definition) is 3. The Morgan fingerprint density at radius 2 is 1.94 bits per heavy atom. The first-order valence-corrected chi connectivity index (χ1v) is 5.46. The zero-order chi connectivity index (χ0) is 11.8. The van der Waals surface area contributed by atoms with E-state index in [1.807, 2.05) is 49.4 Å². The first-order chi connectivity index (χ1) is 8.24. The van der Waals surface area contributed by atoms with Crippen LogP contribution >= 0.6 is 0 Å². The van der Waals surface area contributed by atoms with E-state index in [1.165, 1.54) is 0 Å². The summed E-state index contributed by atoms with van der Waals surface area (Å²) >= 11 is 0. The molecule has 0 aliphatic carbocycles. The lowest BCUT2D eigenvalue weighted by Crippen LogP contribution is -1.90. The highest BCUT2D eigenvalue weighted by molar-refractivity contribution is 5.79. The largest absolute Gasteiger partial charge is 0.436 e. The van der Waals surface area contributed by atoms with E-state index in [2.05, 4.69) is 4.98 Å². The van der Waals surface area contributed by atoms with Gasteiger partial charge in [-0.05, 0) is 31.2 Å². The van der Waals surface area contributed by atoms with Gasteiger partial charge in [0, 0.05) is 5.69 Å². The summed E-state index contributed by atoms with van der Waals surface area (Å²) in [6, 6.07) is 13.5. The first-order valence-electron chi connectivity index (χ1n) is 5.46. The van der Waals surface area contributed by atoms with Crippen LogP contribution in [0.4, 0.5) is 5.69 Å². The summed E-state index contributed by atoms with van der Waals surface area (Å²) in [6.07, 6.45) is 0. The lowest BCUT2D eigenvalue weighted by atomic mass is 10.1. The maximum atomic E-state index is 5.94. The molecule has 0 aliphatic rings. The Morgan fingerprint density at radius 3 is 2.76 bits per heavy atom. The van der Waals surface area contributed by atoms with Crippen LogP contribution in [0.5, 0.6) is 0 Å². The Bertz CT molecular complexity index is 653. The molecule has 0 saturated heterocycles. The second kappa shape index (κ2) is 3.63. The molecule has 3 heteroatoms. The first kappa shape index (κ1) is 9.90. The number of rotatable bonds is 1. The van der Waals surface area contributed by atoms with E-state index < -0.39 is 0 Å². The molecular weight excluding hydrogens is 212 g/mol. The van der Waals surface area contributed by atoms with Gasteiger partial charge in [-0.3, -0.25) is 0 Å². The Hall–Kier alpha value is -2.29. The minimum absolute atomic E-state index is 0.576. The number of fused-ring (bicyclic) bond motifs is 1. The molecule has 2 N–H and O–H groups in total. The maximum Gasteiger partial charge on any atom is 0.229 e. The van der Waals surface area contributed by atoms with Crippen LogP contribution in [0, 0.1) is 6.92 Å². The molecule has 3 nitrogen and oxygen atoms in total. The zero-order valence-corrected chi connectivity index (χ0v) is 9.47. The molecule has 2 aromatic carbocycles. The molecular formula is C14H12N2O. The molecule has 0 amide bonds. The topological polar surface area (TPSA) is 52.0 Å². The standard InChI is InChI=1S/C14H12N2O/c1-9-6-7-11(15)10(8-9)14-16-12-4-2-3-5-13(12)17-14/h2-8H,15H2,1H3. The minimum atomic E-state index is 0.576. The van der Waals surface area contributed by atoms with Gasteiger partial charge in [0.25, 0.3) is 0 Å². The molecule has 1 heterocycles. The average molecular weight is 224 g/mol. The van der Waals surface area contributed by atoms with Gasteiger partial charge in [0.2, 0.25) is 5.89 Å². The van der Waals surface area contributed by atoms with Gasteiger partial charge < -0.3 is 10.2 Å². The lowest BCUT2D eigenvalue weighted by molar-refractivity contribution is 0.620. The number of anilines is 1. The van der Waals surface area contributed by atoms with Crippen molar-refractivity contribution < 1.29 is 4.42 Å². The van der Waals surface area contributed by atoms with E-state index in [-0.39, 0.29) is 0 Å². The number of hydrogen-bond donors (Lipinski definition) is 1. The van der Waals surface area contributed by atoms with E-state index in [9.17, 15) is 0 Å². The Kier molecular flexibility index (Phi) is 2.11. The van der Waals surface area contributed by atoms with Crippen LogP contribution in [0.25, 0.3) is 22.6 Å². The molecule has 3 aromatic rings. The van der Waals surface area contributed by atoms with Crippen molar-refractivity contribution in [2.75, 3.05) is 5.73 Å². The van der Waals surface area contributed by atoms with Gasteiger partial charge in [-0.2, -0.15) is 0 Å². The molecule has 17 heavy (non-hydrogen) atoms. The maximum absolute atomic E-state index is 5.94. The van der Waals surface area contributed by atoms with Gasteiger partial charge in [-0.1, -0.05) is 23.8 Å². The van der Waals surface area contributed by atoms with Gasteiger partial charge >= 0.3 is 0 Å². The fraction of sp³-hybridized carbons (Fsp3) is 0.0714. The highest BCUT2D eigenvalue weighted by Crippen LogP contribution is 2.29. The van der Waals surface area contributed by atoms with Gasteiger partial charge in [-0.15, -0.1) is 0 Å². The summed E-state index contributed by atoms with van der Waals surface area (Å²) in [5.74, 6) is 0.576. The number of aromatic nitrogens is 1. The van der Waals surface area contributed by atoms with Crippen LogP contribution in [-0.4, -0.2) is 4.98 Å². The van der Waals surface area contributed by atoms with Gasteiger partial charge in [0.15, 0.2) is 5.58 Å². The van der Waals surface area contributed by atoms with Crippen molar-refractivity contribution in [3.63, 3.8) is 0 Å². The normalized spacial score (nSPS) is 10.9. The smallest absolute Gasteiger partial charge is 0.229 e. The zero-order valence-electron chi connectivity index (χ0n) is 9.47. The Balaban J connectivity index is 2.23. The van der Waals surface area contributed by atoms with E-state index in [0.29, 0.717) is 11.6 Å². The molecule has 1 aromatic heterocycles. The fourth-order valence-electron chi connectivity index (χ4n) is 1.84. The van der Waals surface area contributed by atoms with Crippen LogP contribution in [0.2, 0.25) is 0 Å². The van der Waals surface area contributed by atoms with Crippen LogP contribution in [-0.2, 0) is 0 Å². The summed E-state index contributed by atoms with van der Waals surface area (Å²) in [6.45, 7) is 2.02. The lowest BCUT2D eigenvalue weighted by Gasteiger charge is -2.01. The van der Waals surface area contributed by atoms with E-state index in [1.54, 1.807) is 0 Å². The number of nitrogens with two attached hydrogens (primary N) is 1. The molecule has 0 radical (unpaired) electrons. The van der Waals surface area contributed by atoms with E-state index in [0.717, 1.165) is 22.2 Å². The van der Waals surface area contributed by atoms with Crippen LogP contribution in [0.1, 0.15) is 5.56 Å². The van der Waals surface area contributed by atoms with Gasteiger partial charge in [-0.25, -0.2) is 4.98 Å². The number of para-hydroxylation sites is 2. The van der Waals surface area contributed by atoms with Crippen LogP contribution in [0.15, 0.2) is 46.9 Å². The molecule has 0 bridgehead atoms. The monoisotopic (exact) mass is 224 g/mol. The number of oxazole rings is 1. The van der Waals surface area contributed by atoms with Crippen molar-refractivity contribution >= 4 is 16.8 Å². The highest BCUT2D eigenvalue weighted by atomic mass is 16.3. The third-order valence-corrected chi connectivity index (χ3v) is 2.73. The number of benzene rings is 2. The molecule has 0 saturated carbocycles. The molecule has 3 rings (SSSR count). The van der Waals surface area contributed by atoms with E-state index >= 15 is 0 Å². The number of aryl methyl sites for hydroxylation is 1. The molecule has 0 aliphatic heterocycles. The number of nitrogen functional groups attached to an aromatic ring is 1. The van der Waals surface area contributed by atoms with Gasteiger partial charge in [0.05, 0.1) is 5.56 Å². The van der Waals surface area contributed by atoms with E-state index in [4.69, 9.17) is 10.2 Å². The quantitative estimate of drug-likeness (QED) is 0.644. The van der Waals surface area contributed by atoms with Crippen molar-refractivity contribution in [1.82, 2.24) is 4.98 Å².